The average Bonchev–Trinajstić information content (AvgIpc) is 2.50. The van der Waals surface area contributed by atoms with Crippen molar-refractivity contribution in [1.29, 1.82) is 0 Å². The van der Waals surface area contributed by atoms with Gasteiger partial charge >= 0.3 is 10.2 Å². The van der Waals surface area contributed by atoms with Gasteiger partial charge < -0.3 is 4.74 Å². The van der Waals surface area contributed by atoms with Crippen LogP contribution in [0.1, 0.15) is 0 Å². The lowest BCUT2D eigenvalue weighted by molar-refractivity contribution is 0.316. The van der Waals surface area contributed by atoms with E-state index in [0.717, 1.165) is 6.07 Å². The molecule has 2 aromatic carbocycles. The average molecular weight is 343 g/mol. The molecule has 0 aromatic heterocycles. The number of anilines is 2. The van der Waals surface area contributed by atoms with Gasteiger partial charge in [-0.2, -0.15) is 8.42 Å². The van der Waals surface area contributed by atoms with Crippen molar-refractivity contribution in [3.05, 3.63) is 53.3 Å². The molecule has 1 aliphatic heterocycles. The van der Waals surface area contributed by atoms with Crippen molar-refractivity contribution < 1.29 is 17.5 Å². The fraction of sp³-hybridized carbons (Fsp3) is 0.143. The lowest BCUT2D eigenvalue weighted by Gasteiger charge is -2.30. The van der Waals surface area contributed by atoms with Crippen LogP contribution in [0.2, 0.25) is 5.02 Å². The maximum atomic E-state index is 13.1. The Labute approximate surface area is 132 Å². The molecule has 0 fully saturated rings. The Kier molecular flexibility index (Phi) is 3.84. The number of fused-ring (bicyclic) bond motifs is 1. The molecule has 8 heteroatoms. The molecule has 0 bridgehead atoms. The predicted molar refractivity (Wildman–Crippen MR) is 83.2 cm³/mol. The van der Waals surface area contributed by atoms with E-state index in [1.54, 1.807) is 24.3 Å². The van der Waals surface area contributed by atoms with E-state index in [4.69, 9.17) is 16.3 Å². The third-order valence-electron chi connectivity index (χ3n) is 3.14. The molecule has 22 heavy (non-hydrogen) atoms. The molecule has 0 saturated carbocycles. The summed E-state index contributed by atoms with van der Waals surface area (Å²) in [7, 11) is -3.86. The zero-order valence-electron chi connectivity index (χ0n) is 11.3. The maximum Gasteiger partial charge on any atom is 0.324 e. The van der Waals surface area contributed by atoms with Crippen LogP contribution in [0.15, 0.2) is 42.5 Å². The van der Waals surface area contributed by atoms with Gasteiger partial charge in [0.1, 0.15) is 18.2 Å². The van der Waals surface area contributed by atoms with Gasteiger partial charge in [-0.25, -0.2) is 8.70 Å². The lowest BCUT2D eigenvalue weighted by atomic mass is 10.2. The molecular formula is C14H12ClFN2O3S. The predicted octanol–water partition coefficient (Wildman–Crippen LogP) is 3.03. The summed E-state index contributed by atoms with van der Waals surface area (Å²) in [4.78, 5) is 0. The van der Waals surface area contributed by atoms with Gasteiger partial charge in [-0.1, -0.05) is 23.7 Å². The molecule has 0 saturated heterocycles. The molecule has 5 nitrogen and oxygen atoms in total. The van der Waals surface area contributed by atoms with Crippen LogP contribution in [-0.2, 0) is 10.2 Å². The Morgan fingerprint density at radius 1 is 1.23 bits per heavy atom. The molecule has 0 unspecified atom stereocenters. The first kappa shape index (κ1) is 14.9. The molecule has 0 spiro atoms. The zero-order valence-corrected chi connectivity index (χ0v) is 12.9. The smallest absolute Gasteiger partial charge is 0.324 e. The highest BCUT2D eigenvalue weighted by Crippen LogP contribution is 2.33. The first-order valence-corrected chi connectivity index (χ1v) is 8.26. The van der Waals surface area contributed by atoms with Crippen LogP contribution >= 0.6 is 11.6 Å². The molecule has 116 valence electrons. The number of ether oxygens (including phenoxy) is 1. The molecule has 2 aromatic rings. The van der Waals surface area contributed by atoms with E-state index < -0.39 is 16.0 Å². The number of nitrogens with zero attached hydrogens (tertiary/aromatic N) is 1. The maximum absolute atomic E-state index is 13.1. The van der Waals surface area contributed by atoms with Crippen molar-refractivity contribution in [2.75, 3.05) is 22.2 Å². The van der Waals surface area contributed by atoms with Gasteiger partial charge in [-0.3, -0.25) is 4.72 Å². The zero-order chi connectivity index (χ0) is 15.7. The summed E-state index contributed by atoms with van der Waals surface area (Å²) >= 11 is 5.67. The highest BCUT2D eigenvalue weighted by Gasteiger charge is 2.28. The second-order valence-corrected chi connectivity index (χ2v) is 6.63. The Bertz CT molecular complexity index is 813. The van der Waals surface area contributed by atoms with Gasteiger partial charge in [-0.05, 0) is 30.3 Å². The highest BCUT2D eigenvalue weighted by molar-refractivity contribution is 7.94. The van der Waals surface area contributed by atoms with Crippen LogP contribution in [0.25, 0.3) is 0 Å². The normalized spacial score (nSPS) is 14.2. The lowest BCUT2D eigenvalue weighted by Crippen LogP contribution is -2.41. The van der Waals surface area contributed by atoms with E-state index >= 15 is 0 Å². The summed E-state index contributed by atoms with van der Waals surface area (Å²) in [6, 6.07) is 10.5. The molecular weight excluding hydrogens is 331 g/mol. The quantitative estimate of drug-likeness (QED) is 0.932. The first-order valence-electron chi connectivity index (χ1n) is 6.45. The molecule has 1 heterocycles. The van der Waals surface area contributed by atoms with Gasteiger partial charge in [0.25, 0.3) is 0 Å². The Balaban J connectivity index is 1.92. The minimum atomic E-state index is -3.86. The van der Waals surface area contributed by atoms with Gasteiger partial charge in [0.15, 0.2) is 0 Å². The van der Waals surface area contributed by atoms with Crippen molar-refractivity contribution in [2.45, 2.75) is 0 Å². The van der Waals surface area contributed by atoms with E-state index in [1.807, 2.05) is 0 Å². The van der Waals surface area contributed by atoms with Crippen molar-refractivity contribution in [3.8, 4) is 5.75 Å². The van der Waals surface area contributed by atoms with Crippen molar-refractivity contribution in [2.24, 2.45) is 0 Å². The van der Waals surface area contributed by atoms with Crippen molar-refractivity contribution >= 4 is 33.2 Å². The molecule has 3 rings (SSSR count). The monoisotopic (exact) mass is 342 g/mol. The van der Waals surface area contributed by atoms with Crippen LogP contribution in [-0.4, -0.2) is 21.6 Å². The summed E-state index contributed by atoms with van der Waals surface area (Å²) in [6.45, 7) is 0.434. The number of rotatable bonds is 3. The molecule has 0 aliphatic carbocycles. The molecule has 1 N–H and O–H groups in total. The number of para-hydroxylation sites is 2. The fourth-order valence-electron chi connectivity index (χ4n) is 2.16. The Morgan fingerprint density at radius 3 is 2.77 bits per heavy atom. The number of nitrogens with one attached hydrogen (secondary N) is 1. The van der Waals surface area contributed by atoms with E-state index in [2.05, 4.69) is 4.72 Å². The Hall–Kier alpha value is -1.99. The van der Waals surface area contributed by atoms with Gasteiger partial charge in [0, 0.05) is 0 Å². The van der Waals surface area contributed by atoms with E-state index in [0.29, 0.717) is 11.4 Å². The van der Waals surface area contributed by atoms with Crippen LogP contribution < -0.4 is 13.8 Å². The van der Waals surface area contributed by atoms with E-state index in [-0.39, 0.29) is 23.9 Å². The summed E-state index contributed by atoms with van der Waals surface area (Å²) in [5, 5.41) is -0.150. The van der Waals surface area contributed by atoms with Crippen LogP contribution in [0.5, 0.6) is 5.75 Å². The second kappa shape index (κ2) is 5.66. The first-order chi connectivity index (χ1) is 10.5. The van der Waals surface area contributed by atoms with Gasteiger partial charge in [-0.15, -0.1) is 0 Å². The van der Waals surface area contributed by atoms with E-state index in [9.17, 15) is 12.8 Å². The minimum Gasteiger partial charge on any atom is -0.489 e. The fourth-order valence-corrected chi connectivity index (χ4v) is 3.60. The SMILES string of the molecule is O=S(=O)(Nc1ccc(F)c(Cl)c1)N1CCOc2ccccc21. The molecule has 0 radical (unpaired) electrons. The summed E-state index contributed by atoms with van der Waals surface area (Å²) < 4.78 is 47.2. The Morgan fingerprint density at radius 2 is 2.00 bits per heavy atom. The van der Waals surface area contributed by atoms with Gasteiger partial charge in [0.05, 0.1) is 22.9 Å². The third-order valence-corrected chi connectivity index (χ3v) is 4.89. The summed E-state index contributed by atoms with van der Waals surface area (Å²) in [6.07, 6.45) is 0. The topological polar surface area (TPSA) is 58.6 Å². The highest BCUT2D eigenvalue weighted by atomic mass is 35.5. The third kappa shape index (κ3) is 2.82. The molecule has 0 atom stereocenters. The van der Waals surface area contributed by atoms with Crippen LogP contribution in [0.4, 0.5) is 15.8 Å². The number of halogens is 2. The summed E-state index contributed by atoms with van der Waals surface area (Å²) in [5.41, 5.74) is 0.643. The number of hydrogen-bond donors (Lipinski definition) is 1. The van der Waals surface area contributed by atoms with Crippen LogP contribution in [0.3, 0.4) is 0 Å². The summed E-state index contributed by atoms with van der Waals surface area (Å²) in [5.74, 6) is -0.113. The van der Waals surface area contributed by atoms with Crippen LogP contribution in [0, 0.1) is 5.82 Å². The standard InChI is InChI=1S/C14H12ClFN2O3S/c15-11-9-10(5-6-12(11)16)17-22(19,20)18-7-8-21-14-4-2-1-3-13(14)18/h1-6,9,17H,7-8H2. The van der Waals surface area contributed by atoms with E-state index in [1.165, 1.54) is 16.4 Å². The number of hydrogen-bond acceptors (Lipinski definition) is 3. The minimum absolute atomic E-state index is 0.150. The molecule has 0 amide bonds. The largest absolute Gasteiger partial charge is 0.489 e. The van der Waals surface area contributed by atoms with Crippen molar-refractivity contribution in [1.82, 2.24) is 0 Å². The second-order valence-electron chi connectivity index (χ2n) is 4.62. The molecule has 1 aliphatic rings. The van der Waals surface area contributed by atoms with Crippen molar-refractivity contribution in [3.63, 3.8) is 0 Å². The van der Waals surface area contributed by atoms with Gasteiger partial charge in [0.2, 0.25) is 0 Å². The number of benzene rings is 2.